The van der Waals surface area contributed by atoms with E-state index in [1.807, 2.05) is 12.1 Å². The summed E-state index contributed by atoms with van der Waals surface area (Å²) in [6.45, 7) is 6.03. The molecule has 0 saturated heterocycles. The molecule has 2 aromatic carbocycles. The van der Waals surface area contributed by atoms with E-state index in [4.69, 9.17) is 17.0 Å². The number of fused-ring (bicyclic) bond motifs is 1. The number of methoxy groups -OCH3 is 1. The van der Waals surface area contributed by atoms with Crippen molar-refractivity contribution in [1.82, 2.24) is 9.47 Å². The van der Waals surface area contributed by atoms with Gasteiger partial charge in [0.05, 0.1) is 13.2 Å². The van der Waals surface area contributed by atoms with Gasteiger partial charge in [-0.25, -0.2) is 0 Å². The summed E-state index contributed by atoms with van der Waals surface area (Å²) >= 11 is 5.87. The van der Waals surface area contributed by atoms with Gasteiger partial charge in [-0.15, -0.1) is 0 Å². The Kier molecular flexibility index (Phi) is 5.09. The summed E-state index contributed by atoms with van der Waals surface area (Å²) in [6, 6.07) is 18.9. The number of thiocarbonyl (C=S) groups is 1. The number of benzene rings is 2. The monoisotopic (exact) mass is 391 g/mol. The van der Waals surface area contributed by atoms with Crippen molar-refractivity contribution in [3.8, 4) is 5.75 Å². The average molecular weight is 392 g/mol. The maximum Gasteiger partial charge on any atom is 0.174 e. The summed E-state index contributed by atoms with van der Waals surface area (Å²) in [5.41, 5.74) is 6.00. The number of ether oxygens (including phenoxy) is 1. The van der Waals surface area contributed by atoms with Gasteiger partial charge in [-0.2, -0.15) is 0 Å². The van der Waals surface area contributed by atoms with Gasteiger partial charge < -0.3 is 19.5 Å². The molecule has 1 aliphatic rings. The zero-order valence-corrected chi connectivity index (χ0v) is 17.3. The van der Waals surface area contributed by atoms with Crippen molar-refractivity contribution in [3.63, 3.8) is 0 Å². The summed E-state index contributed by atoms with van der Waals surface area (Å²) in [7, 11) is 1.69. The van der Waals surface area contributed by atoms with Crippen LogP contribution >= 0.6 is 12.2 Å². The van der Waals surface area contributed by atoms with E-state index in [1.54, 1.807) is 7.11 Å². The summed E-state index contributed by atoms with van der Waals surface area (Å²) in [6.07, 6.45) is 2.14. The molecule has 0 aliphatic carbocycles. The molecule has 4 rings (SSSR count). The quantitative estimate of drug-likeness (QED) is 0.642. The molecule has 5 heteroatoms. The molecule has 0 unspecified atom stereocenters. The maximum atomic E-state index is 5.87. The zero-order chi connectivity index (χ0) is 19.7. The minimum atomic E-state index is 0.0692. The number of hydrogen-bond donors (Lipinski definition) is 1. The lowest BCUT2D eigenvalue weighted by atomic mass is 10.00. The minimum Gasteiger partial charge on any atom is -0.497 e. The fourth-order valence-electron chi connectivity index (χ4n) is 3.81. The van der Waals surface area contributed by atoms with Crippen LogP contribution in [0.1, 0.15) is 28.4 Å². The first kappa shape index (κ1) is 18.6. The molecule has 1 N–H and O–H groups in total. The molecule has 0 spiro atoms. The predicted molar refractivity (Wildman–Crippen MR) is 118 cm³/mol. The first-order valence-electron chi connectivity index (χ1n) is 9.51. The van der Waals surface area contributed by atoms with Crippen LogP contribution in [0.25, 0.3) is 0 Å². The molecular weight excluding hydrogens is 366 g/mol. The molecule has 144 valence electrons. The number of hydrogen-bond acceptors (Lipinski definition) is 2. The smallest absolute Gasteiger partial charge is 0.174 e. The second kappa shape index (κ2) is 7.68. The number of nitrogens with zero attached hydrogens (tertiary/aromatic N) is 2. The van der Waals surface area contributed by atoms with Crippen LogP contribution < -0.4 is 10.1 Å². The standard InChI is InChI=1S/C23H25N3OS/c1-16-6-4-7-20(17(16)2)24-23(28)26-15-14-25-13-5-8-21(25)22(26)18-9-11-19(27-3)12-10-18/h4-13,22H,14-15H2,1-3H3,(H,24,28)/t22-/m1/s1. The predicted octanol–water partition coefficient (Wildman–Crippen LogP) is 4.92. The van der Waals surface area contributed by atoms with E-state index < -0.39 is 0 Å². The highest BCUT2D eigenvalue weighted by molar-refractivity contribution is 7.80. The van der Waals surface area contributed by atoms with E-state index in [9.17, 15) is 0 Å². The molecule has 0 bridgehead atoms. The van der Waals surface area contributed by atoms with Gasteiger partial charge in [0.2, 0.25) is 0 Å². The lowest BCUT2D eigenvalue weighted by molar-refractivity contribution is 0.293. The van der Waals surface area contributed by atoms with E-state index in [0.29, 0.717) is 0 Å². The van der Waals surface area contributed by atoms with E-state index in [0.717, 1.165) is 29.6 Å². The Morgan fingerprint density at radius 3 is 2.57 bits per heavy atom. The largest absolute Gasteiger partial charge is 0.497 e. The average Bonchev–Trinajstić information content (AvgIpc) is 3.19. The van der Waals surface area contributed by atoms with Crippen LogP contribution in [-0.2, 0) is 6.54 Å². The third-order valence-electron chi connectivity index (χ3n) is 5.58. The topological polar surface area (TPSA) is 29.4 Å². The Labute approximate surface area is 171 Å². The number of nitrogens with one attached hydrogen (secondary N) is 1. The summed E-state index contributed by atoms with van der Waals surface area (Å²) in [4.78, 5) is 2.29. The molecule has 0 fully saturated rings. The van der Waals surface area contributed by atoms with Gasteiger partial charge in [-0.1, -0.05) is 24.3 Å². The van der Waals surface area contributed by atoms with Crippen LogP contribution in [0, 0.1) is 13.8 Å². The Balaban J connectivity index is 1.68. The molecule has 1 aliphatic heterocycles. The molecule has 0 amide bonds. The second-order valence-corrected chi connectivity index (χ2v) is 7.56. The molecule has 3 aromatic rings. The van der Waals surface area contributed by atoms with Crippen molar-refractivity contribution in [2.45, 2.75) is 26.4 Å². The van der Waals surface area contributed by atoms with Gasteiger partial charge >= 0.3 is 0 Å². The lowest BCUT2D eigenvalue weighted by Crippen LogP contribution is -2.44. The fourth-order valence-corrected chi connectivity index (χ4v) is 4.12. The van der Waals surface area contributed by atoms with Crippen LogP contribution in [0.2, 0.25) is 0 Å². The third-order valence-corrected chi connectivity index (χ3v) is 5.91. The van der Waals surface area contributed by atoms with Crippen molar-refractivity contribution in [2.75, 3.05) is 19.0 Å². The number of rotatable bonds is 3. The van der Waals surface area contributed by atoms with E-state index in [2.05, 4.69) is 77.3 Å². The van der Waals surface area contributed by atoms with E-state index in [1.165, 1.54) is 22.4 Å². The highest BCUT2D eigenvalue weighted by atomic mass is 32.1. The van der Waals surface area contributed by atoms with Crippen molar-refractivity contribution in [2.24, 2.45) is 0 Å². The molecule has 4 nitrogen and oxygen atoms in total. The molecule has 2 heterocycles. The Hall–Kier alpha value is -2.79. The minimum absolute atomic E-state index is 0.0692. The van der Waals surface area contributed by atoms with Gasteiger partial charge in [0.25, 0.3) is 0 Å². The van der Waals surface area contributed by atoms with Gasteiger partial charge in [0.1, 0.15) is 5.75 Å². The highest BCUT2D eigenvalue weighted by Gasteiger charge is 2.30. The van der Waals surface area contributed by atoms with Crippen molar-refractivity contribution >= 4 is 23.0 Å². The van der Waals surface area contributed by atoms with Crippen LogP contribution in [0.5, 0.6) is 5.75 Å². The van der Waals surface area contributed by atoms with Crippen molar-refractivity contribution < 1.29 is 4.74 Å². The molecule has 1 atom stereocenters. The van der Waals surface area contributed by atoms with E-state index >= 15 is 0 Å². The first-order valence-corrected chi connectivity index (χ1v) is 9.92. The summed E-state index contributed by atoms with van der Waals surface area (Å²) in [5, 5.41) is 4.24. The summed E-state index contributed by atoms with van der Waals surface area (Å²) < 4.78 is 7.64. The van der Waals surface area contributed by atoms with E-state index in [-0.39, 0.29) is 6.04 Å². The number of aryl methyl sites for hydroxylation is 1. The van der Waals surface area contributed by atoms with Gasteiger partial charge in [0.15, 0.2) is 5.11 Å². The maximum absolute atomic E-state index is 5.87. The number of aromatic nitrogens is 1. The normalized spacial score (nSPS) is 15.8. The Bertz CT molecular complexity index is 993. The molecule has 28 heavy (non-hydrogen) atoms. The zero-order valence-electron chi connectivity index (χ0n) is 16.5. The van der Waals surface area contributed by atoms with Gasteiger partial charge in [-0.3, -0.25) is 0 Å². The number of anilines is 1. The Morgan fingerprint density at radius 1 is 1.04 bits per heavy atom. The molecule has 0 radical (unpaired) electrons. The SMILES string of the molecule is COc1ccc([C@@H]2c3cccn3CCN2C(=S)Nc2cccc(C)c2C)cc1. The fraction of sp³-hybridized carbons (Fsp3) is 0.261. The van der Waals surface area contributed by atoms with Crippen molar-refractivity contribution in [3.05, 3.63) is 83.2 Å². The molecule has 1 aromatic heterocycles. The van der Waals surface area contributed by atoms with Crippen LogP contribution in [0.4, 0.5) is 5.69 Å². The highest BCUT2D eigenvalue weighted by Crippen LogP contribution is 2.34. The Morgan fingerprint density at radius 2 is 1.82 bits per heavy atom. The van der Waals surface area contributed by atoms with Crippen LogP contribution in [0.3, 0.4) is 0 Å². The van der Waals surface area contributed by atoms with Crippen LogP contribution in [-0.4, -0.2) is 28.2 Å². The van der Waals surface area contributed by atoms with Crippen molar-refractivity contribution in [1.29, 1.82) is 0 Å². The molecule has 0 saturated carbocycles. The lowest BCUT2D eigenvalue weighted by Gasteiger charge is -2.39. The van der Waals surface area contributed by atoms with Gasteiger partial charge in [-0.05, 0) is 73.1 Å². The molecular formula is C23H25N3OS. The second-order valence-electron chi connectivity index (χ2n) is 7.17. The van der Waals surface area contributed by atoms with Gasteiger partial charge in [0, 0.05) is 30.7 Å². The summed E-state index contributed by atoms with van der Waals surface area (Å²) in [5.74, 6) is 0.859. The first-order chi connectivity index (χ1) is 13.6. The third kappa shape index (κ3) is 3.38. The van der Waals surface area contributed by atoms with Crippen LogP contribution in [0.15, 0.2) is 60.8 Å².